The van der Waals surface area contributed by atoms with Crippen LogP contribution in [0.2, 0.25) is 0 Å². The van der Waals surface area contributed by atoms with Gasteiger partial charge in [-0.2, -0.15) is 4.37 Å². The van der Waals surface area contributed by atoms with Crippen molar-refractivity contribution in [1.29, 1.82) is 0 Å². The van der Waals surface area contributed by atoms with E-state index >= 15 is 0 Å². The molecule has 1 rings (SSSR count). The summed E-state index contributed by atoms with van der Waals surface area (Å²) in [5.41, 5.74) is 1.04. The Hall–Kier alpha value is -1.10. The lowest BCUT2D eigenvalue weighted by molar-refractivity contribution is 0.249. The van der Waals surface area contributed by atoms with Crippen molar-refractivity contribution in [2.75, 3.05) is 19.0 Å². The molecule has 15 heavy (non-hydrogen) atoms. The van der Waals surface area contributed by atoms with Crippen LogP contribution in [0, 0.1) is 0 Å². The molecule has 0 saturated carbocycles. The molecule has 0 bridgehead atoms. The van der Waals surface area contributed by atoms with E-state index in [4.69, 9.17) is 0 Å². The molecule has 2 amide bonds. The highest BCUT2D eigenvalue weighted by atomic mass is 32.1. The van der Waals surface area contributed by atoms with E-state index < -0.39 is 0 Å². The van der Waals surface area contributed by atoms with Gasteiger partial charge in [-0.1, -0.05) is 20.8 Å². The first-order chi connectivity index (χ1) is 6.86. The summed E-state index contributed by atoms with van der Waals surface area (Å²) in [7, 11) is 3.35. The Bertz CT molecular complexity index is 354. The molecule has 5 heteroatoms. The van der Waals surface area contributed by atoms with Crippen LogP contribution >= 0.6 is 11.5 Å². The van der Waals surface area contributed by atoms with Gasteiger partial charge in [0.05, 0.1) is 5.69 Å². The Balaban J connectivity index is 2.89. The first kappa shape index (κ1) is 12.0. The van der Waals surface area contributed by atoms with Crippen LogP contribution in [0.3, 0.4) is 0 Å². The second-order valence-corrected chi connectivity index (χ2v) is 5.20. The topological polar surface area (TPSA) is 45.2 Å². The van der Waals surface area contributed by atoms with E-state index in [0.717, 1.165) is 10.7 Å². The highest BCUT2D eigenvalue weighted by molar-refractivity contribution is 7.10. The van der Waals surface area contributed by atoms with Gasteiger partial charge in [0, 0.05) is 19.5 Å². The van der Waals surface area contributed by atoms with Gasteiger partial charge in [0.2, 0.25) is 0 Å². The van der Waals surface area contributed by atoms with Gasteiger partial charge in [0.15, 0.2) is 0 Å². The minimum Gasteiger partial charge on any atom is -0.341 e. The van der Waals surface area contributed by atoms with Crippen LogP contribution in [-0.2, 0) is 5.41 Å². The van der Waals surface area contributed by atoms with Crippen molar-refractivity contribution in [3.63, 3.8) is 0 Å². The molecule has 0 aliphatic rings. The van der Waals surface area contributed by atoms with E-state index in [0.29, 0.717) is 0 Å². The van der Waals surface area contributed by atoms with Crippen LogP contribution < -0.4 is 10.2 Å². The van der Waals surface area contributed by atoms with Crippen LogP contribution in [0.25, 0.3) is 0 Å². The Morgan fingerprint density at radius 1 is 1.53 bits per heavy atom. The number of hydrogen-bond donors (Lipinski definition) is 1. The van der Waals surface area contributed by atoms with E-state index in [9.17, 15) is 4.79 Å². The standard InChI is InChI=1S/C10H17N3OS/c1-10(2,3)7-6-8(15-12-7)13(5)9(14)11-4/h6H,1-5H3,(H,11,14). The summed E-state index contributed by atoms with van der Waals surface area (Å²) < 4.78 is 4.35. The quantitative estimate of drug-likeness (QED) is 0.799. The van der Waals surface area contributed by atoms with Gasteiger partial charge >= 0.3 is 6.03 Å². The number of nitrogens with one attached hydrogen (secondary N) is 1. The molecule has 0 saturated heterocycles. The van der Waals surface area contributed by atoms with Crippen LogP contribution in [0.4, 0.5) is 9.80 Å². The zero-order valence-corrected chi connectivity index (χ0v) is 10.6. The normalized spacial score (nSPS) is 11.3. The molecule has 84 valence electrons. The molecule has 4 nitrogen and oxygen atoms in total. The molecule has 1 heterocycles. The highest BCUT2D eigenvalue weighted by Crippen LogP contribution is 2.28. The molecular formula is C10H17N3OS. The lowest BCUT2D eigenvalue weighted by Crippen LogP contribution is -2.34. The second-order valence-electron chi connectivity index (χ2n) is 4.41. The Labute approximate surface area is 94.5 Å². The lowest BCUT2D eigenvalue weighted by Gasteiger charge is -2.15. The van der Waals surface area contributed by atoms with Crippen LogP contribution in [0.15, 0.2) is 6.07 Å². The van der Waals surface area contributed by atoms with Crippen molar-refractivity contribution in [1.82, 2.24) is 9.69 Å². The number of nitrogens with zero attached hydrogens (tertiary/aromatic N) is 2. The van der Waals surface area contributed by atoms with Gasteiger partial charge in [0.1, 0.15) is 5.00 Å². The van der Waals surface area contributed by atoms with Crippen molar-refractivity contribution < 1.29 is 4.79 Å². The molecule has 0 fully saturated rings. The fourth-order valence-electron chi connectivity index (χ4n) is 1.04. The number of amides is 2. The summed E-state index contributed by atoms with van der Waals surface area (Å²) in [6.07, 6.45) is 0. The van der Waals surface area contributed by atoms with Crippen molar-refractivity contribution in [2.24, 2.45) is 0 Å². The molecule has 0 aliphatic heterocycles. The summed E-state index contributed by atoms with van der Waals surface area (Å²) >= 11 is 1.34. The summed E-state index contributed by atoms with van der Waals surface area (Å²) in [4.78, 5) is 12.9. The van der Waals surface area contributed by atoms with E-state index in [1.807, 2.05) is 6.07 Å². The summed E-state index contributed by atoms with van der Waals surface area (Å²) in [6, 6.07) is 1.83. The van der Waals surface area contributed by atoms with Crippen molar-refractivity contribution in [3.8, 4) is 0 Å². The Kier molecular flexibility index (Phi) is 3.34. The van der Waals surface area contributed by atoms with Crippen molar-refractivity contribution >= 4 is 22.6 Å². The van der Waals surface area contributed by atoms with Gasteiger partial charge in [-0.15, -0.1) is 0 Å². The van der Waals surface area contributed by atoms with Crippen LogP contribution in [0.1, 0.15) is 26.5 Å². The largest absolute Gasteiger partial charge is 0.341 e. The molecule has 1 aromatic rings. The predicted molar refractivity (Wildman–Crippen MR) is 63.7 cm³/mol. The number of hydrogen-bond acceptors (Lipinski definition) is 3. The Morgan fingerprint density at radius 2 is 2.13 bits per heavy atom. The first-order valence-corrected chi connectivity index (χ1v) is 5.56. The van der Waals surface area contributed by atoms with E-state index in [2.05, 4.69) is 30.5 Å². The van der Waals surface area contributed by atoms with Gasteiger partial charge < -0.3 is 5.32 Å². The SMILES string of the molecule is CNC(=O)N(C)c1cc(C(C)(C)C)ns1. The average Bonchev–Trinajstić information content (AvgIpc) is 2.63. The minimum absolute atomic E-state index is 0.0261. The third-order valence-electron chi connectivity index (χ3n) is 2.12. The van der Waals surface area contributed by atoms with Gasteiger partial charge in [-0.3, -0.25) is 4.90 Å². The fraction of sp³-hybridized carbons (Fsp3) is 0.600. The molecule has 0 atom stereocenters. The van der Waals surface area contributed by atoms with E-state index in [-0.39, 0.29) is 11.4 Å². The predicted octanol–water partition coefficient (Wildman–Crippen LogP) is 2.22. The number of carbonyl (C=O) groups is 1. The maximum atomic E-state index is 11.4. The minimum atomic E-state index is -0.126. The molecule has 0 radical (unpaired) electrons. The van der Waals surface area contributed by atoms with E-state index in [1.165, 1.54) is 11.5 Å². The van der Waals surface area contributed by atoms with Crippen molar-refractivity contribution in [3.05, 3.63) is 11.8 Å². The Morgan fingerprint density at radius 3 is 2.53 bits per heavy atom. The maximum absolute atomic E-state index is 11.4. The summed E-state index contributed by atoms with van der Waals surface area (Å²) in [6.45, 7) is 6.31. The zero-order chi connectivity index (χ0) is 11.6. The average molecular weight is 227 g/mol. The molecule has 1 aromatic heterocycles. The summed E-state index contributed by atoms with van der Waals surface area (Å²) in [5.74, 6) is 0. The van der Waals surface area contributed by atoms with Gasteiger partial charge in [0.25, 0.3) is 0 Å². The third kappa shape index (κ3) is 2.68. The van der Waals surface area contributed by atoms with Gasteiger partial charge in [-0.25, -0.2) is 4.79 Å². The van der Waals surface area contributed by atoms with Crippen LogP contribution in [-0.4, -0.2) is 24.5 Å². The van der Waals surface area contributed by atoms with E-state index in [1.54, 1.807) is 19.0 Å². The molecule has 0 spiro atoms. The number of aromatic nitrogens is 1. The maximum Gasteiger partial charge on any atom is 0.322 e. The number of rotatable bonds is 1. The van der Waals surface area contributed by atoms with Crippen molar-refractivity contribution in [2.45, 2.75) is 26.2 Å². The van der Waals surface area contributed by atoms with Crippen LogP contribution in [0.5, 0.6) is 0 Å². The lowest BCUT2D eigenvalue weighted by atomic mass is 9.92. The number of urea groups is 1. The number of carbonyl (C=O) groups excluding carboxylic acids is 1. The fourth-order valence-corrected chi connectivity index (χ4v) is 1.93. The third-order valence-corrected chi connectivity index (χ3v) is 2.98. The highest BCUT2D eigenvalue weighted by Gasteiger charge is 2.20. The van der Waals surface area contributed by atoms with Gasteiger partial charge in [-0.05, 0) is 17.6 Å². The monoisotopic (exact) mass is 227 g/mol. The molecule has 0 aromatic carbocycles. The summed E-state index contributed by atoms with van der Waals surface area (Å²) in [5, 5.41) is 3.44. The smallest absolute Gasteiger partial charge is 0.322 e. The molecule has 0 unspecified atom stereocenters. The first-order valence-electron chi connectivity index (χ1n) is 4.79. The zero-order valence-electron chi connectivity index (χ0n) is 9.79. The molecule has 0 aliphatic carbocycles. The number of anilines is 1. The molecule has 1 N–H and O–H groups in total. The second kappa shape index (κ2) is 4.18. The molecular weight excluding hydrogens is 210 g/mol.